The molecular formula is C13H19NO4S. The maximum absolute atomic E-state index is 11.8. The van der Waals surface area contributed by atoms with Gasteiger partial charge in [-0.1, -0.05) is 6.92 Å². The van der Waals surface area contributed by atoms with Crippen LogP contribution >= 0.6 is 11.8 Å². The molecule has 1 aromatic rings. The maximum atomic E-state index is 11.8. The molecule has 0 aliphatic heterocycles. The summed E-state index contributed by atoms with van der Waals surface area (Å²) < 4.78 is 5.39. The Hall–Kier alpha value is -1.43. The van der Waals surface area contributed by atoms with Crippen molar-refractivity contribution in [2.45, 2.75) is 25.5 Å². The van der Waals surface area contributed by atoms with Gasteiger partial charge in [0, 0.05) is 13.0 Å². The van der Waals surface area contributed by atoms with Crippen molar-refractivity contribution in [2.75, 3.05) is 12.8 Å². The Morgan fingerprint density at radius 1 is 1.47 bits per heavy atom. The first-order valence-electron chi connectivity index (χ1n) is 6.10. The minimum atomic E-state index is -0.814. The number of hydrogen-bond donors (Lipinski definition) is 2. The van der Waals surface area contributed by atoms with Gasteiger partial charge in [-0.15, -0.1) is 0 Å². The molecule has 1 rings (SSSR count). The highest BCUT2D eigenvalue weighted by Crippen LogP contribution is 2.13. The predicted octanol–water partition coefficient (Wildman–Crippen LogP) is 2.37. The van der Waals surface area contributed by atoms with E-state index in [0.717, 1.165) is 11.5 Å². The van der Waals surface area contributed by atoms with Crippen LogP contribution in [0.4, 0.5) is 0 Å². The van der Waals surface area contributed by atoms with Gasteiger partial charge >= 0.3 is 5.97 Å². The monoisotopic (exact) mass is 285 g/mol. The van der Waals surface area contributed by atoms with E-state index in [1.807, 2.05) is 13.2 Å². The van der Waals surface area contributed by atoms with Crippen LogP contribution in [-0.2, 0) is 10.5 Å². The van der Waals surface area contributed by atoms with E-state index in [1.54, 1.807) is 23.9 Å². The van der Waals surface area contributed by atoms with Crippen LogP contribution in [-0.4, -0.2) is 29.8 Å². The van der Waals surface area contributed by atoms with Crippen molar-refractivity contribution in [3.05, 3.63) is 23.7 Å². The molecule has 2 N–H and O–H groups in total. The third-order valence-electron chi connectivity index (χ3n) is 2.63. The fraction of sp³-hybridized carbons (Fsp3) is 0.538. The van der Waals surface area contributed by atoms with Crippen LogP contribution in [0.2, 0.25) is 0 Å². The van der Waals surface area contributed by atoms with E-state index in [0.29, 0.717) is 18.7 Å². The largest absolute Gasteiger partial charge is 0.481 e. The fourth-order valence-electron chi connectivity index (χ4n) is 1.55. The Morgan fingerprint density at radius 3 is 2.84 bits per heavy atom. The van der Waals surface area contributed by atoms with Gasteiger partial charge in [-0.05, 0) is 30.7 Å². The van der Waals surface area contributed by atoms with E-state index in [-0.39, 0.29) is 18.2 Å². The lowest BCUT2D eigenvalue weighted by Gasteiger charge is -2.10. The maximum Gasteiger partial charge on any atom is 0.303 e. The number of nitrogens with one attached hydrogen (secondary N) is 1. The molecule has 1 unspecified atom stereocenters. The second kappa shape index (κ2) is 7.89. The van der Waals surface area contributed by atoms with Crippen LogP contribution in [0.3, 0.4) is 0 Å². The zero-order chi connectivity index (χ0) is 14.3. The summed E-state index contributed by atoms with van der Waals surface area (Å²) in [7, 11) is 0. The zero-order valence-electron chi connectivity index (χ0n) is 11.1. The fourth-order valence-corrected chi connectivity index (χ4v) is 1.99. The summed E-state index contributed by atoms with van der Waals surface area (Å²) in [6.45, 7) is 2.36. The SMILES string of the molecule is CSCc1ccc(C(=O)NCC(C)CCC(=O)O)o1. The normalized spacial score (nSPS) is 12.1. The third kappa shape index (κ3) is 5.83. The molecule has 1 atom stereocenters. The van der Waals surface area contributed by atoms with Gasteiger partial charge in [0.05, 0.1) is 5.75 Å². The van der Waals surface area contributed by atoms with Gasteiger partial charge < -0.3 is 14.8 Å². The highest BCUT2D eigenvalue weighted by molar-refractivity contribution is 7.97. The molecule has 1 heterocycles. The number of hydrogen-bond acceptors (Lipinski definition) is 4. The topological polar surface area (TPSA) is 79.5 Å². The third-order valence-corrected chi connectivity index (χ3v) is 3.21. The lowest BCUT2D eigenvalue weighted by Crippen LogP contribution is -2.28. The Balaban J connectivity index is 2.35. The molecule has 1 aromatic heterocycles. The highest BCUT2D eigenvalue weighted by Gasteiger charge is 2.12. The first-order valence-corrected chi connectivity index (χ1v) is 7.50. The molecule has 19 heavy (non-hydrogen) atoms. The summed E-state index contributed by atoms with van der Waals surface area (Å²) in [5.41, 5.74) is 0. The predicted molar refractivity (Wildman–Crippen MR) is 74.3 cm³/mol. The number of carbonyl (C=O) groups excluding carboxylic acids is 1. The number of furan rings is 1. The summed E-state index contributed by atoms with van der Waals surface area (Å²) in [5.74, 6) is 0.870. The number of carbonyl (C=O) groups is 2. The highest BCUT2D eigenvalue weighted by atomic mass is 32.2. The minimum Gasteiger partial charge on any atom is -0.481 e. The molecule has 0 radical (unpaired) electrons. The van der Waals surface area contributed by atoms with Crippen LogP contribution in [0.1, 0.15) is 36.1 Å². The van der Waals surface area contributed by atoms with Crippen LogP contribution in [0.15, 0.2) is 16.5 Å². The molecule has 106 valence electrons. The van der Waals surface area contributed by atoms with E-state index in [4.69, 9.17) is 9.52 Å². The van der Waals surface area contributed by atoms with Crippen molar-refractivity contribution in [3.8, 4) is 0 Å². The summed E-state index contributed by atoms with van der Waals surface area (Å²) >= 11 is 1.63. The summed E-state index contributed by atoms with van der Waals surface area (Å²) in [5, 5.41) is 11.3. The number of carboxylic acid groups (broad SMARTS) is 1. The van der Waals surface area contributed by atoms with Crippen molar-refractivity contribution in [3.63, 3.8) is 0 Å². The molecule has 0 aliphatic carbocycles. The summed E-state index contributed by atoms with van der Waals surface area (Å²) in [6, 6.07) is 3.45. The average molecular weight is 285 g/mol. The van der Waals surface area contributed by atoms with E-state index in [9.17, 15) is 9.59 Å². The second-order valence-electron chi connectivity index (χ2n) is 4.45. The molecule has 0 bridgehead atoms. The van der Waals surface area contributed by atoms with Crippen molar-refractivity contribution >= 4 is 23.6 Å². The quantitative estimate of drug-likeness (QED) is 0.766. The van der Waals surface area contributed by atoms with Crippen LogP contribution in [0.25, 0.3) is 0 Å². The molecule has 5 nitrogen and oxygen atoms in total. The lowest BCUT2D eigenvalue weighted by atomic mass is 10.1. The zero-order valence-corrected chi connectivity index (χ0v) is 12.0. The number of thioether (sulfide) groups is 1. The lowest BCUT2D eigenvalue weighted by molar-refractivity contribution is -0.137. The Kier molecular flexibility index (Phi) is 6.49. The van der Waals surface area contributed by atoms with Crippen molar-refractivity contribution in [1.29, 1.82) is 0 Å². The van der Waals surface area contributed by atoms with Gasteiger partial charge in [0.1, 0.15) is 5.76 Å². The van der Waals surface area contributed by atoms with E-state index in [2.05, 4.69) is 5.32 Å². The Labute approximate surface area is 116 Å². The minimum absolute atomic E-state index is 0.121. The molecule has 1 amide bonds. The van der Waals surface area contributed by atoms with Crippen LogP contribution in [0.5, 0.6) is 0 Å². The molecule has 0 aliphatic rings. The van der Waals surface area contributed by atoms with Gasteiger partial charge in [0.25, 0.3) is 5.91 Å². The second-order valence-corrected chi connectivity index (χ2v) is 5.31. The van der Waals surface area contributed by atoms with E-state index < -0.39 is 5.97 Å². The van der Waals surface area contributed by atoms with Crippen molar-refractivity contribution in [2.24, 2.45) is 5.92 Å². The number of aliphatic carboxylic acids is 1. The molecule has 0 spiro atoms. The Bertz CT molecular complexity index is 430. The van der Waals surface area contributed by atoms with Gasteiger partial charge in [-0.2, -0.15) is 11.8 Å². The standard InChI is InChI=1S/C13H19NO4S/c1-9(3-6-12(15)16)7-14-13(17)11-5-4-10(18-11)8-19-2/h4-5,9H,3,6-8H2,1-2H3,(H,14,17)(H,15,16). The molecule has 6 heteroatoms. The summed E-state index contributed by atoms with van der Waals surface area (Å²) in [4.78, 5) is 22.2. The van der Waals surface area contributed by atoms with E-state index in [1.165, 1.54) is 0 Å². The van der Waals surface area contributed by atoms with Gasteiger partial charge in [0.2, 0.25) is 0 Å². The first kappa shape index (κ1) is 15.6. The van der Waals surface area contributed by atoms with Crippen molar-refractivity contribution < 1.29 is 19.1 Å². The Morgan fingerprint density at radius 2 is 2.21 bits per heavy atom. The first-order chi connectivity index (χ1) is 9.02. The van der Waals surface area contributed by atoms with Gasteiger partial charge in [-0.25, -0.2) is 0 Å². The molecular weight excluding hydrogens is 266 g/mol. The smallest absolute Gasteiger partial charge is 0.303 e. The van der Waals surface area contributed by atoms with Gasteiger partial charge in [-0.3, -0.25) is 9.59 Å². The van der Waals surface area contributed by atoms with Crippen LogP contribution < -0.4 is 5.32 Å². The average Bonchev–Trinajstić information content (AvgIpc) is 2.82. The number of amides is 1. The molecule has 0 saturated heterocycles. The number of carboxylic acids is 1. The van der Waals surface area contributed by atoms with Crippen LogP contribution in [0, 0.1) is 5.92 Å². The summed E-state index contributed by atoms with van der Waals surface area (Å²) in [6.07, 6.45) is 2.63. The molecule has 0 fully saturated rings. The molecule has 0 aromatic carbocycles. The number of rotatable bonds is 8. The molecule has 0 saturated carbocycles. The van der Waals surface area contributed by atoms with Crippen molar-refractivity contribution in [1.82, 2.24) is 5.32 Å². The van der Waals surface area contributed by atoms with E-state index >= 15 is 0 Å². The van der Waals surface area contributed by atoms with Gasteiger partial charge in [0.15, 0.2) is 5.76 Å².